The van der Waals surface area contributed by atoms with Crippen molar-refractivity contribution in [2.45, 2.75) is 37.3 Å². The SMILES string of the molecule is O=C(N[C@H]1C2CCN(CC2)C12CC2)c1ncc2occc2c1F. The number of fused-ring (bicyclic) bond motifs is 3. The van der Waals surface area contributed by atoms with Crippen LogP contribution in [-0.4, -0.2) is 40.5 Å². The van der Waals surface area contributed by atoms with E-state index in [4.69, 9.17) is 4.42 Å². The molecule has 3 aliphatic heterocycles. The highest BCUT2D eigenvalue weighted by molar-refractivity contribution is 5.96. The molecule has 5 heterocycles. The van der Waals surface area contributed by atoms with Gasteiger partial charge in [-0.1, -0.05) is 0 Å². The second-order valence-corrected chi connectivity index (χ2v) is 7.00. The van der Waals surface area contributed by atoms with E-state index in [2.05, 4.69) is 15.2 Å². The maximum Gasteiger partial charge on any atom is 0.273 e. The van der Waals surface area contributed by atoms with E-state index >= 15 is 0 Å². The quantitative estimate of drug-likeness (QED) is 0.924. The van der Waals surface area contributed by atoms with Gasteiger partial charge < -0.3 is 9.73 Å². The molecular formula is C17H18FN3O2. The van der Waals surface area contributed by atoms with Crippen LogP contribution in [0.15, 0.2) is 22.9 Å². The molecule has 2 aromatic rings. The van der Waals surface area contributed by atoms with E-state index in [9.17, 15) is 9.18 Å². The van der Waals surface area contributed by atoms with Crippen LogP contribution in [0.2, 0.25) is 0 Å². The Morgan fingerprint density at radius 1 is 1.39 bits per heavy atom. The largest absolute Gasteiger partial charge is 0.463 e. The monoisotopic (exact) mass is 315 g/mol. The summed E-state index contributed by atoms with van der Waals surface area (Å²) in [6, 6.07) is 1.65. The number of aromatic nitrogens is 1. The lowest BCUT2D eigenvalue weighted by Gasteiger charge is -2.52. The van der Waals surface area contributed by atoms with Crippen molar-refractivity contribution in [3.63, 3.8) is 0 Å². The van der Waals surface area contributed by atoms with Gasteiger partial charge in [0, 0.05) is 5.54 Å². The van der Waals surface area contributed by atoms with Crippen LogP contribution < -0.4 is 5.32 Å². The average Bonchev–Trinajstić information content (AvgIpc) is 3.18. The molecular weight excluding hydrogens is 297 g/mol. The fraction of sp³-hybridized carbons (Fsp3) is 0.529. The summed E-state index contributed by atoms with van der Waals surface area (Å²) in [5.41, 5.74) is 0.360. The van der Waals surface area contributed by atoms with Crippen molar-refractivity contribution in [2.75, 3.05) is 13.1 Å². The van der Waals surface area contributed by atoms with Crippen LogP contribution in [0.5, 0.6) is 0 Å². The number of carbonyl (C=O) groups is 1. The zero-order valence-electron chi connectivity index (χ0n) is 12.7. The van der Waals surface area contributed by atoms with Gasteiger partial charge in [-0.05, 0) is 50.8 Å². The number of nitrogens with zero attached hydrogens (tertiary/aromatic N) is 2. The molecule has 1 aliphatic carbocycles. The number of nitrogens with one attached hydrogen (secondary N) is 1. The van der Waals surface area contributed by atoms with Crippen LogP contribution in [0.1, 0.15) is 36.2 Å². The molecule has 6 heteroatoms. The molecule has 5 nitrogen and oxygen atoms in total. The van der Waals surface area contributed by atoms with Crippen LogP contribution in [0, 0.1) is 11.7 Å². The lowest BCUT2D eigenvalue weighted by atomic mass is 9.77. The predicted octanol–water partition coefficient (Wildman–Crippen LogP) is 2.32. The lowest BCUT2D eigenvalue weighted by Crippen LogP contribution is -2.65. The Balaban J connectivity index is 1.45. The van der Waals surface area contributed by atoms with Gasteiger partial charge >= 0.3 is 0 Å². The standard InChI is InChI=1S/C17H18FN3O2/c18-13-11-3-8-23-12(11)9-19-14(13)16(22)20-15-10-1-6-21(7-2-10)17(15)4-5-17/h3,8-10,15H,1-2,4-7H2,(H,20,22)/t15-/m0/s1. The molecule has 0 unspecified atom stereocenters. The number of furan rings is 1. The summed E-state index contributed by atoms with van der Waals surface area (Å²) in [6.45, 7) is 2.26. The minimum Gasteiger partial charge on any atom is -0.463 e. The number of pyridine rings is 1. The van der Waals surface area contributed by atoms with Gasteiger partial charge in [0.25, 0.3) is 5.91 Å². The summed E-state index contributed by atoms with van der Waals surface area (Å²) in [4.78, 5) is 19.1. The topological polar surface area (TPSA) is 58.4 Å². The predicted molar refractivity (Wildman–Crippen MR) is 81.5 cm³/mol. The van der Waals surface area contributed by atoms with E-state index in [0.29, 0.717) is 16.9 Å². The van der Waals surface area contributed by atoms with E-state index in [-0.39, 0.29) is 17.3 Å². The van der Waals surface area contributed by atoms with E-state index in [1.807, 2.05) is 0 Å². The van der Waals surface area contributed by atoms with Gasteiger partial charge in [0.1, 0.15) is 0 Å². The molecule has 1 N–H and O–H groups in total. The van der Waals surface area contributed by atoms with Crippen LogP contribution in [-0.2, 0) is 0 Å². The number of rotatable bonds is 2. The third-order valence-corrected chi connectivity index (χ3v) is 5.93. The first-order valence-electron chi connectivity index (χ1n) is 8.27. The second kappa shape index (κ2) is 4.54. The Bertz CT molecular complexity index is 790. The second-order valence-electron chi connectivity index (χ2n) is 7.00. The molecule has 2 aromatic heterocycles. The van der Waals surface area contributed by atoms with Crippen LogP contribution in [0.3, 0.4) is 0 Å². The van der Waals surface area contributed by atoms with E-state index in [1.54, 1.807) is 0 Å². The van der Waals surface area contributed by atoms with Crippen LogP contribution in [0.4, 0.5) is 4.39 Å². The third kappa shape index (κ3) is 1.81. The molecule has 0 aromatic carbocycles. The Kier molecular flexibility index (Phi) is 2.66. The first-order valence-corrected chi connectivity index (χ1v) is 8.27. The molecule has 6 rings (SSSR count). The normalized spacial score (nSPS) is 30.7. The Morgan fingerprint density at radius 3 is 2.91 bits per heavy atom. The molecule has 1 saturated carbocycles. The summed E-state index contributed by atoms with van der Waals surface area (Å²) >= 11 is 0. The number of hydrogen-bond donors (Lipinski definition) is 1. The lowest BCUT2D eigenvalue weighted by molar-refractivity contribution is -0.00159. The van der Waals surface area contributed by atoms with Gasteiger partial charge in [-0.3, -0.25) is 9.69 Å². The summed E-state index contributed by atoms with van der Waals surface area (Å²) < 4.78 is 19.6. The Labute approximate surface area is 132 Å². The van der Waals surface area contributed by atoms with Crippen molar-refractivity contribution in [2.24, 2.45) is 5.92 Å². The first-order chi connectivity index (χ1) is 11.2. The first kappa shape index (κ1) is 13.5. The van der Waals surface area contributed by atoms with E-state index in [1.165, 1.54) is 18.5 Å². The molecule has 23 heavy (non-hydrogen) atoms. The summed E-state index contributed by atoms with van der Waals surface area (Å²) in [5.74, 6) is -0.498. The molecule has 0 radical (unpaired) electrons. The fourth-order valence-electron chi connectivity index (χ4n) is 4.60. The van der Waals surface area contributed by atoms with Gasteiger partial charge in [-0.2, -0.15) is 0 Å². The molecule has 4 fully saturated rings. The molecule has 120 valence electrons. The molecule has 3 saturated heterocycles. The van der Waals surface area contributed by atoms with E-state index in [0.717, 1.165) is 38.8 Å². The van der Waals surface area contributed by atoms with Crippen molar-refractivity contribution in [1.29, 1.82) is 0 Å². The van der Waals surface area contributed by atoms with Gasteiger partial charge in [-0.15, -0.1) is 0 Å². The highest BCUT2D eigenvalue weighted by Gasteiger charge is 2.60. The molecule has 4 aliphatic rings. The van der Waals surface area contributed by atoms with Gasteiger partial charge in [0.15, 0.2) is 17.1 Å². The zero-order chi connectivity index (χ0) is 15.6. The Morgan fingerprint density at radius 2 is 2.17 bits per heavy atom. The van der Waals surface area contributed by atoms with Crippen molar-refractivity contribution >= 4 is 16.9 Å². The summed E-state index contributed by atoms with van der Waals surface area (Å²) in [6.07, 6.45) is 7.31. The van der Waals surface area contributed by atoms with Crippen molar-refractivity contribution in [3.05, 3.63) is 30.0 Å². The maximum atomic E-state index is 14.5. The summed E-state index contributed by atoms with van der Waals surface area (Å²) in [5, 5.41) is 3.41. The van der Waals surface area contributed by atoms with Crippen molar-refractivity contribution in [3.8, 4) is 0 Å². The minimum absolute atomic E-state index is 0.124. The van der Waals surface area contributed by atoms with Crippen molar-refractivity contribution < 1.29 is 13.6 Å². The average molecular weight is 315 g/mol. The summed E-state index contributed by atoms with van der Waals surface area (Å²) in [7, 11) is 0. The van der Waals surface area contributed by atoms with Crippen molar-refractivity contribution in [1.82, 2.24) is 15.2 Å². The number of halogens is 1. The number of hydrogen-bond acceptors (Lipinski definition) is 4. The van der Waals surface area contributed by atoms with E-state index < -0.39 is 11.7 Å². The fourth-order valence-corrected chi connectivity index (χ4v) is 4.60. The highest BCUT2D eigenvalue weighted by Crippen LogP contribution is 2.53. The molecule has 1 amide bonds. The molecule has 1 spiro atoms. The van der Waals surface area contributed by atoms with Gasteiger partial charge in [0.05, 0.1) is 23.9 Å². The highest BCUT2D eigenvalue weighted by atomic mass is 19.1. The number of amides is 1. The maximum absolute atomic E-state index is 14.5. The van der Waals surface area contributed by atoms with Crippen LogP contribution >= 0.6 is 0 Å². The van der Waals surface area contributed by atoms with Gasteiger partial charge in [0.2, 0.25) is 0 Å². The minimum atomic E-state index is -0.597. The smallest absolute Gasteiger partial charge is 0.273 e. The zero-order valence-corrected chi connectivity index (χ0v) is 12.7. The Hall–Kier alpha value is -1.95. The molecule has 1 atom stereocenters. The van der Waals surface area contributed by atoms with Crippen LogP contribution in [0.25, 0.3) is 11.0 Å². The number of piperidine rings is 3. The van der Waals surface area contributed by atoms with Gasteiger partial charge in [-0.25, -0.2) is 9.37 Å². The third-order valence-electron chi connectivity index (χ3n) is 5.93. The number of carbonyl (C=O) groups excluding carboxylic acids is 1. The molecule has 2 bridgehead atoms.